The molecule has 1 aromatic heterocycles. The number of pyridine rings is 1. The molecular weight excluding hydrogens is 204 g/mol. The van der Waals surface area contributed by atoms with E-state index in [1.807, 2.05) is 18.2 Å². The molecule has 0 saturated heterocycles. The van der Waals surface area contributed by atoms with Crippen LogP contribution in [0.25, 0.3) is 0 Å². The minimum absolute atomic E-state index is 0.310. The van der Waals surface area contributed by atoms with Gasteiger partial charge in [0.1, 0.15) is 5.03 Å². The molecule has 1 heterocycles. The van der Waals surface area contributed by atoms with Gasteiger partial charge in [-0.25, -0.2) is 4.98 Å². The number of rotatable bonds is 5. The van der Waals surface area contributed by atoms with Crippen LogP contribution in [-0.4, -0.2) is 16.6 Å². The quantitative estimate of drug-likeness (QED) is 0.554. The van der Waals surface area contributed by atoms with Crippen LogP contribution >= 0.6 is 21.6 Å². The molecule has 13 heavy (non-hydrogen) atoms. The van der Waals surface area contributed by atoms with Crippen molar-refractivity contribution >= 4 is 27.5 Å². The molecule has 0 unspecified atom stereocenters. The van der Waals surface area contributed by atoms with Crippen molar-refractivity contribution in [2.45, 2.75) is 11.4 Å². The fourth-order valence-corrected chi connectivity index (χ4v) is 2.50. The molecule has 0 aliphatic heterocycles. The van der Waals surface area contributed by atoms with Gasteiger partial charge in [-0.05, 0) is 22.9 Å². The largest absolute Gasteiger partial charge is 0.273 e. The van der Waals surface area contributed by atoms with Crippen molar-refractivity contribution < 1.29 is 4.79 Å². The topological polar surface area (TPSA) is 53.8 Å². The molecule has 1 amide bonds. The number of carbonyl (C=O) groups excluding carboxylic acids is 1. The fourth-order valence-electron chi connectivity index (χ4n) is 0.633. The summed E-state index contributed by atoms with van der Waals surface area (Å²) in [4.78, 5) is 14.4. The first-order valence-corrected chi connectivity index (χ1v) is 6.06. The van der Waals surface area contributed by atoms with Gasteiger partial charge in [-0.15, -0.1) is 0 Å². The van der Waals surface area contributed by atoms with Gasteiger partial charge in [0.25, 0.3) is 0 Å². The van der Waals surface area contributed by atoms with Gasteiger partial charge in [0.2, 0.25) is 5.91 Å². The van der Waals surface area contributed by atoms with E-state index in [0.29, 0.717) is 12.2 Å². The smallest absolute Gasteiger partial charge is 0.239 e. The molecule has 0 atom stereocenters. The number of hydrogen-bond acceptors (Lipinski definition) is 4. The molecule has 0 aliphatic carbocycles. The first kappa shape index (κ1) is 10.4. The number of carbonyl (C=O) groups is 1. The lowest BCUT2D eigenvalue weighted by molar-refractivity contribution is -0.118. The summed E-state index contributed by atoms with van der Waals surface area (Å²) in [6.45, 7) is 0. The Kier molecular flexibility index (Phi) is 4.70. The van der Waals surface area contributed by atoms with Gasteiger partial charge in [-0.1, -0.05) is 16.9 Å². The van der Waals surface area contributed by atoms with Crippen molar-refractivity contribution in [2.24, 2.45) is 0 Å². The average Bonchev–Trinajstić information content (AvgIpc) is 2.14. The Hall–Kier alpha value is -0.680. The first-order valence-electron chi connectivity index (χ1n) is 3.74. The molecule has 0 saturated carbocycles. The minimum Gasteiger partial charge on any atom is -0.273 e. The Morgan fingerprint density at radius 2 is 2.38 bits per heavy atom. The van der Waals surface area contributed by atoms with Gasteiger partial charge >= 0.3 is 0 Å². The van der Waals surface area contributed by atoms with Gasteiger partial charge in [0, 0.05) is 18.4 Å². The molecule has 1 N–H and O–H groups in total. The third-order valence-corrected chi connectivity index (χ3v) is 3.46. The summed E-state index contributed by atoms with van der Waals surface area (Å²) in [7, 11) is 3.08. The number of nitrogens with zero attached hydrogens (tertiary/aromatic N) is 1. The SMILES string of the molecule is [NH]C(=O)CCSSc1ccccn1. The van der Waals surface area contributed by atoms with Gasteiger partial charge in [0.05, 0.1) is 0 Å². The predicted octanol–water partition coefficient (Wildman–Crippen LogP) is 2.02. The van der Waals surface area contributed by atoms with E-state index in [1.165, 1.54) is 10.8 Å². The van der Waals surface area contributed by atoms with Crippen LogP contribution in [-0.2, 0) is 4.79 Å². The highest BCUT2D eigenvalue weighted by atomic mass is 33.1. The molecular formula is C8H9N2OS2. The van der Waals surface area contributed by atoms with Crippen LogP contribution in [0.3, 0.4) is 0 Å². The van der Waals surface area contributed by atoms with Crippen LogP contribution in [0.15, 0.2) is 29.4 Å². The normalized spacial score (nSPS) is 9.85. The number of nitrogens with one attached hydrogen (secondary N) is 1. The zero-order valence-corrected chi connectivity index (χ0v) is 8.53. The Morgan fingerprint density at radius 1 is 1.54 bits per heavy atom. The second-order valence-corrected chi connectivity index (χ2v) is 4.68. The third-order valence-electron chi connectivity index (χ3n) is 1.19. The lowest BCUT2D eigenvalue weighted by atomic mass is 10.5. The van der Waals surface area contributed by atoms with E-state index >= 15 is 0 Å². The standard InChI is InChI=1S/C8H9N2OS2/c9-7(11)4-6-12-13-8-3-1-2-5-10-8/h1-3,5,9H,4,6H2. The monoisotopic (exact) mass is 213 g/mol. The summed E-state index contributed by atoms with van der Waals surface area (Å²) in [6, 6.07) is 5.70. The number of amides is 1. The summed E-state index contributed by atoms with van der Waals surface area (Å²) in [5, 5.41) is 0.935. The van der Waals surface area contributed by atoms with E-state index in [4.69, 9.17) is 5.73 Å². The third kappa shape index (κ3) is 4.80. The predicted molar refractivity (Wildman–Crippen MR) is 55.3 cm³/mol. The molecule has 0 aliphatic rings. The molecule has 69 valence electrons. The molecule has 1 aromatic rings. The van der Waals surface area contributed by atoms with Crippen LogP contribution in [0.2, 0.25) is 0 Å². The second-order valence-electron chi connectivity index (χ2n) is 2.25. The van der Waals surface area contributed by atoms with Crippen molar-refractivity contribution in [3.05, 3.63) is 24.4 Å². The van der Waals surface area contributed by atoms with E-state index in [2.05, 4.69) is 4.98 Å². The Balaban J connectivity index is 2.17. The summed E-state index contributed by atoms with van der Waals surface area (Å²) in [5.41, 5.74) is 6.68. The lowest BCUT2D eigenvalue weighted by Gasteiger charge is -1.97. The number of hydrogen-bond donors (Lipinski definition) is 0. The second kappa shape index (κ2) is 5.88. The van der Waals surface area contributed by atoms with E-state index in [0.717, 1.165) is 5.03 Å². The van der Waals surface area contributed by atoms with Crippen molar-refractivity contribution in [3.8, 4) is 0 Å². The molecule has 0 bridgehead atoms. The summed E-state index contributed by atoms with van der Waals surface area (Å²) < 4.78 is 0. The van der Waals surface area contributed by atoms with Gasteiger partial charge in [0.15, 0.2) is 0 Å². The van der Waals surface area contributed by atoms with E-state index in [9.17, 15) is 4.79 Å². The summed E-state index contributed by atoms with van der Waals surface area (Å²) in [6.07, 6.45) is 2.04. The maximum absolute atomic E-state index is 10.3. The Morgan fingerprint density at radius 3 is 3.00 bits per heavy atom. The van der Waals surface area contributed by atoms with Gasteiger partial charge in [-0.2, -0.15) is 0 Å². The van der Waals surface area contributed by atoms with E-state index < -0.39 is 5.91 Å². The van der Waals surface area contributed by atoms with Crippen LogP contribution < -0.4 is 5.73 Å². The first-order chi connectivity index (χ1) is 6.29. The van der Waals surface area contributed by atoms with Crippen molar-refractivity contribution in [3.63, 3.8) is 0 Å². The van der Waals surface area contributed by atoms with Crippen LogP contribution in [0.5, 0.6) is 0 Å². The maximum atomic E-state index is 10.3. The highest BCUT2D eigenvalue weighted by Gasteiger charge is 1.97. The Labute approximate surface area is 84.9 Å². The molecule has 1 radical (unpaired) electrons. The van der Waals surface area contributed by atoms with E-state index in [-0.39, 0.29) is 0 Å². The molecule has 0 aromatic carbocycles. The van der Waals surface area contributed by atoms with Gasteiger partial charge < -0.3 is 0 Å². The molecule has 0 spiro atoms. The minimum atomic E-state index is -0.505. The summed E-state index contributed by atoms with van der Waals surface area (Å²) in [5.74, 6) is 0.165. The highest BCUT2D eigenvalue weighted by Crippen LogP contribution is 2.29. The fraction of sp³-hybridized carbons (Fsp3) is 0.250. The van der Waals surface area contributed by atoms with Crippen LogP contribution in [0.4, 0.5) is 0 Å². The van der Waals surface area contributed by atoms with Crippen molar-refractivity contribution in [1.29, 1.82) is 0 Å². The zero-order chi connectivity index (χ0) is 9.52. The Bertz CT molecular complexity index is 266. The summed E-state index contributed by atoms with van der Waals surface area (Å²) >= 11 is 0. The van der Waals surface area contributed by atoms with Crippen LogP contribution in [0, 0.1) is 0 Å². The maximum Gasteiger partial charge on any atom is 0.239 e. The van der Waals surface area contributed by atoms with Crippen molar-refractivity contribution in [1.82, 2.24) is 10.7 Å². The van der Waals surface area contributed by atoms with E-state index in [1.54, 1.807) is 17.0 Å². The number of aromatic nitrogens is 1. The van der Waals surface area contributed by atoms with Gasteiger partial charge in [-0.3, -0.25) is 10.5 Å². The molecule has 5 heteroatoms. The van der Waals surface area contributed by atoms with Crippen molar-refractivity contribution in [2.75, 3.05) is 5.75 Å². The highest BCUT2D eigenvalue weighted by molar-refractivity contribution is 8.76. The van der Waals surface area contributed by atoms with Crippen LogP contribution in [0.1, 0.15) is 6.42 Å². The zero-order valence-electron chi connectivity index (χ0n) is 6.90. The lowest BCUT2D eigenvalue weighted by Crippen LogP contribution is -1.97. The average molecular weight is 213 g/mol. The molecule has 1 rings (SSSR count). The molecule has 0 fully saturated rings. The molecule has 3 nitrogen and oxygen atoms in total.